The standard InChI is InChI=1S/C26H38N4O2/c1-4-27-26(28-17-22-9-11-23(12-10-22)20-32-21(2)3)29-18-24-7-5-6-8-25(24)19-30-13-15-31-16-14-30/h5-12,21H,4,13-20H2,1-3H3,(H2,27,28,29). The second-order valence-electron chi connectivity index (χ2n) is 8.38. The highest BCUT2D eigenvalue weighted by atomic mass is 16.5. The average Bonchev–Trinajstić information content (AvgIpc) is 2.81. The van der Waals surface area contributed by atoms with Gasteiger partial charge in [-0.05, 0) is 43.0 Å². The van der Waals surface area contributed by atoms with E-state index in [1.165, 1.54) is 22.3 Å². The second kappa shape index (κ2) is 13.2. The van der Waals surface area contributed by atoms with Crippen molar-refractivity contribution < 1.29 is 9.47 Å². The summed E-state index contributed by atoms with van der Waals surface area (Å²) in [7, 11) is 0. The van der Waals surface area contributed by atoms with Crippen LogP contribution < -0.4 is 10.6 Å². The predicted molar refractivity (Wildman–Crippen MR) is 131 cm³/mol. The largest absolute Gasteiger partial charge is 0.379 e. The summed E-state index contributed by atoms with van der Waals surface area (Å²) in [6, 6.07) is 17.1. The first kappa shape index (κ1) is 24.2. The summed E-state index contributed by atoms with van der Waals surface area (Å²) in [6.45, 7) is 13.7. The van der Waals surface area contributed by atoms with E-state index in [2.05, 4.69) is 84.8 Å². The SMILES string of the molecule is CCNC(=NCc1ccc(COC(C)C)cc1)NCc1ccccc1CN1CCOCC1. The van der Waals surface area contributed by atoms with Crippen LogP contribution in [0.2, 0.25) is 0 Å². The Labute approximate surface area is 193 Å². The number of guanidine groups is 1. The first-order valence-electron chi connectivity index (χ1n) is 11.7. The van der Waals surface area contributed by atoms with Crippen molar-refractivity contribution in [3.8, 4) is 0 Å². The van der Waals surface area contributed by atoms with Crippen LogP contribution >= 0.6 is 0 Å². The highest BCUT2D eigenvalue weighted by Crippen LogP contribution is 2.13. The lowest BCUT2D eigenvalue weighted by molar-refractivity contribution is 0.0341. The van der Waals surface area contributed by atoms with E-state index in [-0.39, 0.29) is 6.10 Å². The Morgan fingerprint density at radius 3 is 2.38 bits per heavy atom. The molecule has 2 aromatic rings. The fourth-order valence-electron chi connectivity index (χ4n) is 3.58. The van der Waals surface area contributed by atoms with Gasteiger partial charge in [-0.1, -0.05) is 48.5 Å². The summed E-state index contributed by atoms with van der Waals surface area (Å²) in [6.07, 6.45) is 0.243. The summed E-state index contributed by atoms with van der Waals surface area (Å²) in [5, 5.41) is 6.86. The molecule has 1 aliphatic heterocycles. The molecule has 32 heavy (non-hydrogen) atoms. The van der Waals surface area contributed by atoms with Crippen LogP contribution in [0.5, 0.6) is 0 Å². The Hall–Kier alpha value is -2.41. The number of hydrogen-bond donors (Lipinski definition) is 2. The Morgan fingerprint density at radius 1 is 1.00 bits per heavy atom. The summed E-state index contributed by atoms with van der Waals surface area (Å²) in [5.74, 6) is 0.834. The molecular weight excluding hydrogens is 400 g/mol. The Bertz CT molecular complexity index is 830. The third-order valence-corrected chi connectivity index (χ3v) is 5.43. The molecule has 1 aliphatic rings. The molecule has 0 amide bonds. The molecule has 0 aliphatic carbocycles. The first-order chi connectivity index (χ1) is 15.6. The van der Waals surface area contributed by atoms with Crippen LogP contribution in [-0.4, -0.2) is 49.8 Å². The molecule has 1 heterocycles. The van der Waals surface area contributed by atoms with Crippen LogP contribution in [-0.2, 0) is 35.7 Å². The Morgan fingerprint density at radius 2 is 1.69 bits per heavy atom. The highest BCUT2D eigenvalue weighted by molar-refractivity contribution is 5.79. The van der Waals surface area contributed by atoms with Gasteiger partial charge >= 0.3 is 0 Å². The van der Waals surface area contributed by atoms with Gasteiger partial charge in [0, 0.05) is 32.7 Å². The molecule has 2 aromatic carbocycles. The zero-order chi connectivity index (χ0) is 22.6. The van der Waals surface area contributed by atoms with Crippen molar-refractivity contribution >= 4 is 5.96 Å². The third-order valence-electron chi connectivity index (χ3n) is 5.43. The lowest BCUT2D eigenvalue weighted by Crippen LogP contribution is -2.38. The Kier molecular flexibility index (Phi) is 10.0. The van der Waals surface area contributed by atoms with Crippen molar-refractivity contribution in [2.75, 3.05) is 32.8 Å². The maximum atomic E-state index is 5.67. The summed E-state index contributed by atoms with van der Waals surface area (Å²) in [4.78, 5) is 7.24. The van der Waals surface area contributed by atoms with Gasteiger partial charge in [-0.2, -0.15) is 0 Å². The number of ether oxygens (including phenoxy) is 2. The smallest absolute Gasteiger partial charge is 0.191 e. The monoisotopic (exact) mass is 438 g/mol. The molecule has 174 valence electrons. The lowest BCUT2D eigenvalue weighted by atomic mass is 10.1. The molecule has 0 bridgehead atoms. The number of nitrogens with zero attached hydrogens (tertiary/aromatic N) is 2. The van der Waals surface area contributed by atoms with Crippen LogP contribution in [0, 0.1) is 0 Å². The van der Waals surface area contributed by atoms with Gasteiger partial charge in [-0.3, -0.25) is 4.90 Å². The van der Waals surface area contributed by atoms with Crippen molar-refractivity contribution in [2.24, 2.45) is 4.99 Å². The molecule has 2 N–H and O–H groups in total. The van der Waals surface area contributed by atoms with Gasteiger partial charge in [0.15, 0.2) is 5.96 Å². The first-order valence-corrected chi connectivity index (χ1v) is 11.7. The maximum Gasteiger partial charge on any atom is 0.191 e. The number of hydrogen-bond acceptors (Lipinski definition) is 4. The number of nitrogens with one attached hydrogen (secondary N) is 2. The number of benzene rings is 2. The molecule has 0 spiro atoms. The average molecular weight is 439 g/mol. The number of aliphatic imine (C=N–C) groups is 1. The summed E-state index contributed by atoms with van der Waals surface area (Å²) in [5.41, 5.74) is 5.03. The zero-order valence-electron chi connectivity index (χ0n) is 19.8. The molecule has 0 aromatic heterocycles. The third kappa shape index (κ3) is 8.26. The van der Waals surface area contributed by atoms with E-state index in [4.69, 9.17) is 14.5 Å². The van der Waals surface area contributed by atoms with Gasteiger partial charge in [0.2, 0.25) is 0 Å². The van der Waals surface area contributed by atoms with Crippen LogP contribution in [0.25, 0.3) is 0 Å². The number of rotatable bonds is 10. The van der Waals surface area contributed by atoms with Gasteiger partial charge in [0.05, 0.1) is 32.5 Å². The molecule has 0 radical (unpaired) electrons. The fraction of sp³-hybridized carbons (Fsp3) is 0.500. The summed E-state index contributed by atoms with van der Waals surface area (Å²) >= 11 is 0. The van der Waals surface area contributed by atoms with Crippen LogP contribution in [0.3, 0.4) is 0 Å². The highest BCUT2D eigenvalue weighted by Gasteiger charge is 2.12. The van der Waals surface area contributed by atoms with Gasteiger partial charge < -0.3 is 20.1 Å². The van der Waals surface area contributed by atoms with Crippen molar-refractivity contribution in [3.63, 3.8) is 0 Å². The fourth-order valence-corrected chi connectivity index (χ4v) is 3.58. The maximum absolute atomic E-state index is 5.67. The van der Waals surface area contributed by atoms with E-state index in [1.54, 1.807) is 0 Å². The van der Waals surface area contributed by atoms with E-state index in [0.717, 1.165) is 51.9 Å². The van der Waals surface area contributed by atoms with Crippen molar-refractivity contribution in [3.05, 3.63) is 70.8 Å². The lowest BCUT2D eigenvalue weighted by Gasteiger charge is -2.27. The van der Waals surface area contributed by atoms with E-state index >= 15 is 0 Å². The molecule has 0 atom stereocenters. The topological polar surface area (TPSA) is 58.1 Å². The molecule has 6 heteroatoms. The van der Waals surface area contributed by atoms with Gasteiger partial charge in [-0.15, -0.1) is 0 Å². The molecule has 6 nitrogen and oxygen atoms in total. The molecule has 0 saturated carbocycles. The number of morpholine rings is 1. The van der Waals surface area contributed by atoms with Crippen molar-refractivity contribution in [2.45, 2.75) is 53.1 Å². The van der Waals surface area contributed by atoms with E-state index in [0.29, 0.717) is 13.2 Å². The molecule has 0 unspecified atom stereocenters. The minimum Gasteiger partial charge on any atom is -0.379 e. The molecule has 1 fully saturated rings. The van der Waals surface area contributed by atoms with Gasteiger partial charge in [-0.25, -0.2) is 4.99 Å². The van der Waals surface area contributed by atoms with Gasteiger partial charge in [0.25, 0.3) is 0 Å². The minimum absolute atomic E-state index is 0.243. The minimum atomic E-state index is 0.243. The van der Waals surface area contributed by atoms with E-state index in [9.17, 15) is 0 Å². The normalized spacial score (nSPS) is 15.2. The van der Waals surface area contributed by atoms with Crippen LogP contribution in [0.15, 0.2) is 53.5 Å². The molecular formula is C26H38N4O2. The summed E-state index contributed by atoms with van der Waals surface area (Å²) < 4.78 is 11.2. The van der Waals surface area contributed by atoms with E-state index < -0.39 is 0 Å². The quantitative estimate of drug-likeness (QED) is 0.438. The van der Waals surface area contributed by atoms with Crippen molar-refractivity contribution in [1.29, 1.82) is 0 Å². The molecule has 1 saturated heterocycles. The van der Waals surface area contributed by atoms with E-state index in [1.807, 2.05) is 0 Å². The van der Waals surface area contributed by atoms with Gasteiger partial charge in [0.1, 0.15) is 0 Å². The molecule has 3 rings (SSSR count). The Balaban J connectivity index is 1.56. The van der Waals surface area contributed by atoms with Crippen molar-refractivity contribution in [1.82, 2.24) is 15.5 Å². The van der Waals surface area contributed by atoms with Crippen LogP contribution in [0.1, 0.15) is 43.0 Å². The predicted octanol–water partition coefficient (Wildman–Crippen LogP) is 3.70. The zero-order valence-corrected chi connectivity index (χ0v) is 19.8. The second-order valence-corrected chi connectivity index (χ2v) is 8.38. The van der Waals surface area contributed by atoms with Crippen LogP contribution in [0.4, 0.5) is 0 Å².